The largest absolute Gasteiger partial charge is 0.459 e. The second-order valence-electron chi connectivity index (χ2n) is 5.94. The van der Waals surface area contributed by atoms with Gasteiger partial charge in [0.2, 0.25) is 0 Å². The first-order valence-electron chi connectivity index (χ1n) is 6.14. The fourth-order valence-corrected chi connectivity index (χ4v) is 4.62. The fourth-order valence-electron chi connectivity index (χ4n) is 4.62. The summed E-state index contributed by atoms with van der Waals surface area (Å²) in [4.78, 5) is 11.1. The highest BCUT2D eigenvalue weighted by atomic mass is 16.6. The fraction of sp³-hybridized carbons (Fsp3) is 0.846. The predicted octanol–water partition coefficient (Wildman–Crippen LogP) is 2.58. The van der Waals surface area contributed by atoms with Crippen molar-refractivity contribution < 1.29 is 9.53 Å². The Morgan fingerprint density at radius 1 is 1.27 bits per heavy atom. The molecule has 0 spiro atoms. The number of carbonyl (C=O) groups excluding carboxylic acids is 1. The van der Waals surface area contributed by atoms with Crippen LogP contribution in [0.4, 0.5) is 0 Å². The van der Waals surface area contributed by atoms with E-state index in [9.17, 15) is 4.79 Å². The topological polar surface area (TPSA) is 26.3 Å². The second kappa shape index (κ2) is 2.99. The summed E-state index contributed by atoms with van der Waals surface area (Å²) in [5.74, 6) is 2.66. The van der Waals surface area contributed by atoms with Crippen molar-refractivity contribution in [3.05, 3.63) is 6.92 Å². The van der Waals surface area contributed by atoms with E-state index < -0.39 is 0 Å². The minimum Gasteiger partial charge on any atom is -0.459 e. The summed E-state index contributed by atoms with van der Waals surface area (Å²) < 4.78 is 5.61. The smallest absolute Gasteiger partial charge is 0.306 e. The maximum Gasteiger partial charge on any atom is 0.306 e. The highest BCUT2D eigenvalue weighted by Crippen LogP contribution is 2.59. The lowest BCUT2D eigenvalue weighted by Crippen LogP contribution is -2.58. The Hall–Kier alpha value is -0.530. The van der Waals surface area contributed by atoms with Gasteiger partial charge in [-0.15, -0.1) is 0 Å². The van der Waals surface area contributed by atoms with Gasteiger partial charge in [0, 0.05) is 0 Å². The van der Waals surface area contributed by atoms with E-state index in [2.05, 4.69) is 13.8 Å². The maximum absolute atomic E-state index is 11.1. The average molecular weight is 207 g/mol. The third-order valence-electron chi connectivity index (χ3n) is 5.06. The molecule has 83 valence electrons. The van der Waals surface area contributed by atoms with Crippen molar-refractivity contribution in [2.24, 2.45) is 23.7 Å². The molecule has 4 rings (SSSR count). The van der Waals surface area contributed by atoms with Crippen LogP contribution in [-0.2, 0) is 9.53 Å². The molecule has 4 fully saturated rings. The zero-order chi connectivity index (χ0) is 10.6. The van der Waals surface area contributed by atoms with Gasteiger partial charge < -0.3 is 4.74 Å². The second-order valence-corrected chi connectivity index (χ2v) is 5.94. The molecule has 2 heteroatoms. The van der Waals surface area contributed by atoms with E-state index in [0.29, 0.717) is 5.92 Å². The molecular weight excluding hydrogens is 188 g/mol. The molecule has 0 N–H and O–H groups in total. The summed E-state index contributed by atoms with van der Waals surface area (Å²) in [7, 11) is 0. The molecule has 0 aromatic carbocycles. The van der Waals surface area contributed by atoms with Gasteiger partial charge in [0.25, 0.3) is 0 Å². The molecule has 0 saturated heterocycles. The van der Waals surface area contributed by atoms with Crippen molar-refractivity contribution in [2.45, 2.75) is 44.6 Å². The molecule has 4 saturated carbocycles. The number of carbonyl (C=O) groups is 1. The lowest BCUT2D eigenvalue weighted by Gasteiger charge is -2.59. The van der Waals surface area contributed by atoms with Crippen molar-refractivity contribution in [3.8, 4) is 0 Å². The standard InChI is InChI=1S/C13H19O2/c1-8-12-4-10-3-11(5-12)7-13(8,6-10)15-9(2)14/h8,10-12H,2-7H2,1H3. The Morgan fingerprint density at radius 2 is 1.87 bits per heavy atom. The van der Waals surface area contributed by atoms with Crippen molar-refractivity contribution in [3.63, 3.8) is 0 Å². The molecule has 0 amide bonds. The highest BCUT2D eigenvalue weighted by Gasteiger charge is 2.57. The Bertz CT molecular complexity index is 283. The normalized spacial score (nSPS) is 51.9. The van der Waals surface area contributed by atoms with Crippen molar-refractivity contribution in [2.75, 3.05) is 0 Å². The lowest BCUT2D eigenvalue weighted by atomic mass is 9.50. The molecule has 3 atom stereocenters. The van der Waals surface area contributed by atoms with E-state index in [0.717, 1.165) is 30.6 Å². The van der Waals surface area contributed by atoms with Crippen LogP contribution in [0.15, 0.2) is 0 Å². The van der Waals surface area contributed by atoms with Gasteiger partial charge in [0.05, 0.1) is 6.92 Å². The van der Waals surface area contributed by atoms with Crippen molar-refractivity contribution in [1.29, 1.82) is 0 Å². The number of hydrogen-bond donors (Lipinski definition) is 0. The van der Waals surface area contributed by atoms with Crippen LogP contribution in [0.1, 0.15) is 39.0 Å². The molecule has 0 aromatic rings. The van der Waals surface area contributed by atoms with Gasteiger partial charge >= 0.3 is 5.97 Å². The molecule has 2 nitrogen and oxygen atoms in total. The Labute approximate surface area is 91.4 Å². The minimum atomic E-state index is -0.330. The monoisotopic (exact) mass is 207 g/mol. The third kappa shape index (κ3) is 1.33. The summed E-state index contributed by atoms with van der Waals surface area (Å²) in [5, 5.41) is 0. The molecule has 15 heavy (non-hydrogen) atoms. The number of esters is 1. The van der Waals surface area contributed by atoms with Crippen LogP contribution in [0, 0.1) is 30.6 Å². The highest BCUT2D eigenvalue weighted by molar-refractivity contribution is 5.74. The van der Waals surface area contributed by atoms with E-state index in [4.69, 9.17) is 4.74 Å². The van der Waals surface area contributed by atoms with Gasteiger partial charge in [-0.25, -0.2) is 0 Å². The molecule has 0 aliphatic heterocycles. The predicted molar refractivity (Wildman–Crippen MR) is 56.9 cm³/mol. The third-order valence-corrected chi connectivity index (χ3v) is 5.06. The van der Waals surface area contributed by atoms with E-state index in [1.54, 1.807) is 0 Å². The first-order chi connectivity index (χ1) is 7.09. The van der Waals surface area contributed by atoms with Crippen LogP contribution >= 0.6 is 0 Å². The molecule has 4 bridgehead atoms. The molecular formula is C13H19O2. The number of rotatable bonds is 1. The van der Waals surface area contributed by atoms with Crippen LogP contribution in [0.2, 0.25) is 0 Å². The molecule has 3 unspecified atom stereocenters. The zero-order valence-electron chi connectivity index (χ0n) is 9.37. The van der Waals surface area contributed by atoms with E-state index in [1.807, 2.05) is 0 Å². The average Bonchev–Trinajstić information content (AvgIpc) is 2.11. The Balaban J connectivity index is 1.90. The van der Waals surface area contributed by atoms with Crippen LogP contribution < -0.4 is 0 Å². The van der Waals surface area contributed by atoms with Gasteiger partial charge in [-0.05, 0) is 55.8 Å². The van der Waals surface area contributed by atoms with Crippen LogP contribution in [-0.4, -0.2) is 11.6 Å². The lowest BCUT2D eigenvalue weighted by molar-refractivity contribution is -0.200. The maximum atomic E-state index is 11.1. The number of hydrogen-bond acceptors (Lipinski definition) is 2. The SMILES string of the molecule is [CH2]C(=O)OC12CC3CC(CC(C3)C1C)C2. The molecule has 4 aliphatic carbocycles. The van der Waals surface area contributed by atoms with Crippen LogP contribution in [0.3, 0.4) is 0 Å². The van der Waals surface area contributed by atoms with Gasteiger partial charge in [-0.3, -0.25) is 4.79 Å². The first-order valence-corrected chi connectivity index (χ1v) is 6.14. The summed E-state index contributed by atoms with van der Waals surface area (Å²) >= 11 is 0. The van der Waals surface area contributed by atoms with Crippen molar-refractivity contribution >= 4 is 5.97 Å². The minimum absolute atomic E-state index is 0.131. The summed E-state index contributed by atoms with van der Waals surface area (Å²) in [6.07, 6.45) is 6.31. The summed E-state index contributed by atoms with van der Waals surface area (Å²) in [6, 6.07) is 0. The quantitative estimate of drug-likeness (QED) is 0.618. The van der Waals surface area contributed by atoms with Crippen molar-refractivity contribution in [1.82, 2.24) is 0 Å². The number of ether oxygens (including phenoxy) is 1. The van der Waals surface area contributed by atoms with Crippen LogP contribution in [0.5, 0.6) is 0 Å². The van der Waals surface area contributed by atoms with E-state index >= 15 is 0 Å². The first kappa shape index (κ1) is 9.68. The van der Waals surface area contributed by atoms with Gasteiger partial charge in [0.15, 0.2) is 0 Å². The van der Waals surface area contributed by atoms with Crippen LogP contribution in [0.25, 0.3) is 0 Å². The Morgan fingerprint density at radius 3 is 2.40 bits per heavy atom. The Kier molecular flexibility index (Phi) is 1.93. The molecule has 1 radical (unpaired) electrons. The van der Waals surface area contributed by atoms with E-state index in [-0.39, 0.29) is 11.6 Å². The van der Waals surface area contributed by atoms with E-state index in [1.165, 1.54) is 19.3 Å². The zero-order valence-corrected chi connectivity index (χ0v) is 9.37. The molecule has 0 aromatic heterocycles. The summed E-state index contributed by atoms with van der Waals surface area (Å²) in [6.45, 7) is 5.66. The van der Waals surface area contributed by atoms with Gasteiger partial charge in [-0.2, -0.15) is 0 Å². The molecule has 4 aliphatic rings. The van der Waals surface area contributed by atoms with Gasteiger partial charge in [-0.1, -0.05) is 6.92 Å². The molecule has 0 heterocycles. The summed E-state index contributed by atoms with van der Waals surface area (Å²) in [5.41, 5.74) is -0.131. The van der Waals surface area contributed by atoms with Gasteiger partial charge in [0.1, 0.15) is 5.60 Å².